The number of esters is 1. The first kappa shape index (κ1) is 58.5. The fraction of sp³-hybridized carbons (Fsp3) is 0.434. The average Bonchev–Trinajstić information content (AvgIpc) is 3.78. The average molecular weight is 1050 g/mol. The normalized spacial score (nSPS) is 19.0. The molecule has 23 heteroatoms. The van der Waals surface area contributed by atoms with E-state index in [0.717, 1.165) is 10.9 Å². The number of nitrogens with two attached hydrogens (primary N) is 2. The Bertz CT molecular complexity index is 2690. The Morgan fingerprint density at radius 3 is 2.01 bits per heavy atom. The topological polar surface area (TPSA) is 364 Å². The lowest BCUT2D eigenvalue weighted by Crippen LogP contribution is -2.59. The first-order chi connectivity index (χ1) is 36.1. The summed E-state index contributed by atoms with van der Waals surface area (Å²) in [5, 5.41) is 31.3. The molecule has 0 radical (unpaired) electrons. The molecule has 3 aromatic carbocycles. The Morgan fingerprint density at radius 1 is 0.724 bits per heavy atom. The highest BCUT2D eigenvalue weighted by Crippen LogP contribution is 2.20. The number of phenolic OH excluding ortho intramolecular Hbond substituents is 1. The number of aromatic amines is 1. The number of benzene rings is 3. The SMILES string of the molecule is CC(C)(C)OC(=O)C[C@H](NC(=O)[C@@H]1CCCNC(=O)CCC(=O)NCCC[C@H](NC(=O)[C@@H](N)Cc2ccc(O)cc2)C(=O)NCC(=O)N[C@@H](Cc2c[nH]c3ccccc23)C(=O)N1)C(=O)N[C@@H](Cc1ccccc1)C(N)=O. The van der Waals surface area contributed by atoms with Crippen LogP contribution in [-0.2, 0) is 71.9 Å². The molecule has 4 aromatic rings. The van der Waals surface area contributed by atoms with Crippen molar-refractivity contribution < 1.29 is 57.8 Å². The molecule has 14 N–H and O–H groups in total. The summed E-state index contributed by atoms with van der Waals surface area (Å²) < 4.78 is 5.48. The molecule has 0 aliphatic carbocycles. The molecular formula is C53H69N11O12. The van der Waals surface area contributed by atoms with Crippen LogP contribution in [0, 0.1) is 0 Å². The van der Waals surface area contributed by atoms with Gasteiger partial charge in [-0.15, -0.1) is 0 Å². The fourth-order valence-corrected chi connectivity index (χ4v) is 8.18. The zero-order valence-corrected chi connectivity index (χ0v) is 42.8. The maximum absolute atomic E-state index is 14.6. The molecule has 408 valence electrons. The fourth-order valence-electron chi connectivity index (χ4n) is 8.18. The smallest absolute Gasteiger partial charge is 0.308 e. The number of aromatic nitrogens is 1. The molecule has 0 spiro atoms. The van der Waals surface area contributed by atoms with Crippen LogP contribution in [0.5, 0.6) is 5.75 Å². The van der Waals surface area contributed by atoms with Gasteiger partial charge in [-0.1, -0.05) is 60.7 Å². The van der Waals surface area contributed by atoms with Crippen molar-refractivity contribution in [3.63, 3.8) is 0 Å². The predicted molar refractivity (Wildman–Crippen MR) is 278 cm³/mol. The second-order valence-electron chi connectivity index (χ2n) is 19.5. The van der Waals surface area contributed by atoms with Crippen molar-refractivity contribution in [1.82, 2.24) is 47.5 Å². The summed E-state index contributed by atoms with van der Waals surface area (Å²) in [7, 11) is 0. The molecule has 0 unspecified atom stereocenters. The van der Waals surface area contributed by atoms with E-state index in [0.29, 0.717) is 16.7 Å². The van der Waals surface area contributed by atoms with Crippen LogP contribution >= 0.6 is 0 Å². The number of primary amides is 1. The molecule has 2 heterocycles. The highest BCUT2D eigenvalue weighted by molar-refractivity contribution is 5.98. The molecule has 6 atom stereocenters. The van der Waals surface area contributed by atoms with E-state index < -0.39 is 114 Å². The number of amides is 9. The molecule has 5 rings (SSSR count). The van der Waals surface area contributed by atoms with Crippen molar-refractivity contribution >= 4 is 70.0 Å². The molecular weight excluding hydrogens is 983 g/mol. The lowest BCUT2D eigenvalue weighted by molar-refractivity contribution is -0.156. The van der Waals surface area contributed by atoms with Gasteiger partial charge < -0.3 is 68.8 Å². The zero-order valence-electron chi connectivity index (χ0n) is 42.8. The monoisotopic (exact) mass is 1050 g/mol. The van der Waals surface area contributed by atoms with E-state index in [-0.39, 0.29) is 76.6 Å². The van der Waals surface area contributed by atoms with Gasteiger partial charge in [0, 0.05) is 55.9 Å². The molecule has 1 fully saturated rings. The third-order valence-corrected chi connectivity index (χ3v) is 12.1. The number of hydrogen-bond donors (Lipinski definition) is 12. The quantitative estimate of drug-likeness (QED) is 0.0674. The molecule has 1 aliphatic rings. The second kappa shape index (κ2) is 28.4. The molecule has 1 saturated heterocycles. The van der Waals surface area contributed by atoms with E-state index >= 15 is 0 Å². The van der Waals surface area contributed by atoms with Gasteiger partial charge in [-0.2, -0.15) is 0 Å². The van der Waals surface area contributed by atoms with Crippen LogP contribution in [0.2, 0.25) is 0 Å². The number of aromatic hydroxyl groups is 1. The molecule has 0 saturated carbocycles. The van der Waals surface area contributed by atoms with Crippen LogP contribution in [0.25, 0.3) is 10.9 Å². The van der Waals surface area contributed by atoms with E-state index in [1.807, 2.05) is 6.07 Å². The molecule has 1 aliphatic heterocycles. The van der Waals surface area contributed by atoms with Gasteiger partial charge in [0.05, 0.1) is 19.0 Å². The lowest BCUT2D eigenvalue weighted by Gasteiger charge is -2.27. The van der Waals surface area contributed by atoms with Gasteiger partial charge in [-0.3, -0.25) is 47.9 Å². The molecule has 23 nitrogen and oxygen atoms in total. The van der Waals surface area contributed by atoms with E-state index in [2.05, 4.69) is 47.5 Å². The number of carbonyl (C=O) groups is 10. The number of nitrogens with one attached hydrogen (secondary N) is 9. The van der Waals surface area contributed by atoms with Crippen molar-refractivity contribution in [2.45, 2.75) is 127 Å². The zero-order chi connectivity index (χ0) is 55.4. The molecule has 0 bridgehead atoms. The minimum atomic E-state index is -1.67. The Hall–Kier alpha value is -8.34. The Morgan fingerprint density at radius 2 is 1.36 bits per heavy atom. The largest absolute Gasteiger partial charge is 0.508 e. The minimum absolute atomic E-state index is 0.0133. The van der Waals surface area contributed by atoms with Crippen LogP contribution in [0.3, 0.4) is 0 Å². The highest BCUT2D eigenvalue weighted by atomic mass is 16.6. The van der Waals surface area contributed by atoms with Crippen molar-refractivity contribution in [3.05, 3.63) is 102 Å². The maximum Gasteiger partial charge on any atom is 0.308 e. The van der Waals surface area contributed by atoms with E-state index in [1.54, 1.807) is 87.6 Å². The predicted octanol–water partition coefficient (Wildman–Crippen LogP) is -0.427. The highest BCUT2D eigenvalue weighted by Gasteiger charge is 2.34. The van der Waals surface area contributed by atoms with Gasteiger partial charge in [0.1, 0.15) is 41.6 Å². The molecule has 76 heavy (non-hydrogen) atoms. The minimum Gasteiger partial charge on any atom is -0.508 e. The summed E-state index contributed by atoms with van der Waals surface area (Å²) in [6, 6.07) is 13.7. The number of carbonyl (C=O) groups excluding carboxylic acids is 10. The second-order valence-corrected chi connectivity index (χ2v) is 19.5. The van der Waals surface area contributed by atoms with E-state index in [1.165, 1.54) is 12.1 Å². The number of para-hydroxylation sites is 1. The van der Waals surface area contributed by atoms with E-state index in [4.69, 9.17) is 16.2 Å². The van der Waals surface area contributed by atoms with Gasteiger partial charge in [0.2, 0.25) is 53.2 Å². The maximum atomic E-state index is 14.6. The summed E-state index contributed by atoms with van der Waals surface area (Å²) in [6.45, 7) is 4.17. The first-order valence-electron chi connectivity index (χ1n) is 25.1. The van der Waals surface area contributed by atoms with Gasteiger partial charge in [0.15, 0.2) is 0 Å². The number of phenols is 1. The first-order valence-corrected chi connectivity index (χ1v) is 25.1. The van der Waals surface area contributed by atoms with Crippen molar-refractivity contribution in [3.8, 4) is 5.75 Å². The van der Waals surface area contributed by atoms with Crippen LogP contribution < -0.4 is 54.0 Å². The van der Waals surface area contributed by atoms with Crippen LogP contribution in [-0.4, -0.2) is 131 Å². The number of H-pyrrole nitrogens is 1. The lowest BCUT2D eigenvalue weighted by atomic mass is 10.0. The standard InChI is InChI=1S/C53H69N11O12/c1-53(2,3)76-46(69)28-42(52(75)63-40(47(55)70)26-31-11-5-4-6-12-31)64-50(73)39-16-10-24-57-44(67)22-21-43(66)56-23-9-15-38(61-48(71)36(54)25-32-17-19-34(65)20-18-32)49(72)59-30-45(68)60-41(51(74)62-39)27-33-29-58-37-14-8-7-13-35(33)37/h4-8,11-14,17-20,29,36,38-42,58,65H,9-10,15-16,21-28,30,54H2,1-3H3,(H2,55,70)(H,56,66)(H,57,67)(H,59,72)(H,60,68)(H,61,71)(H,62,74)(H,63,75)(H,64,73)/t36-,38-,39-,40-,41-,42-/m0/s1. The molecule has 9 amide bonds. The van der Waals surface area contributed by atoms with Gasteiger partial charge in [0.25, 0.3) is 0 Å². The van der Waals surface area contributed by atoms with Gasteiger partial charge >= 0.3 is 5.97 Å². The summed E-state index contributed by atoms with van der Waals surface area (Å²) in [4.78, 5) is 139. The molecule has 1 aromatic heterocycles. The van der Waals surface area contributed by atoms with Crippen LogP contribution in [0.15, 0.2) is 85.1 Å². The summed E-state index contributed by atoms with van der Waals surface area (Å²) >= 11 is 0. The number of fused-ring (bicyclic) bond motifs is 1. The summed E-state index contributed by atoms with van der Waals surface area (Å²) in [5.41, 5.74) is 13.5. The Balaban J connectivity index is 1.42. The third kappa shape index (κ3) is 19.5. The van der Waals surface area contributed by atoms with Crippen molar-refractivity contribution in [2.75, 3.05) is 19.6 Å². The third-order valence-electron chi connectivity index (χ3n) is 12.1. The van der Waals surface area contributed by atoms with Crippen LogP contribution in [0.4, 0.5) is 0 Å². The van der Waals surface area contributed by atoms with E-state index in [9.17, 15) is 53.1 Å². The summed E-state index contributed by atoms with van der Waals surface area (Å²) in [6.07, 6.45) is 0.496. The number of ether oxygens (including phenoxy) is 1. The van der Waals surface area contributed by atoms with Crippen molar-refractivity contribution in [2.24, 2.45) is 11.5 Å². The Kier molecular flexibility index (Phi) is 21.8. The van der Waals surface area contributed by atoms with Gasteiger partial charge in [-0.05, 0) is 87.8 Å². The van der Waals surface area contributed by atoms with Gasteiger partial charge in [-0.25, -0.2) is 0 Å². The number of rotatable bonds is 15. The Labute approximate surface area is 439 Å². The number of hydrogen-bond acceptors (Lipinski definition) is 13. The van der Waals surface area contributed by atoms with Crippen LogP contribution in [0.1, 0.15) is 82.4 Å². The summed E-state index contributed by atoms with van der Waals surface area (Å²) in [5.74, 6) is -7.85. The van der Waals surface area contributed by atoms with Crippen molar-refractivity contribution in [1.29, 1.82) is 0 Å².